The van der Waals surface area contributed by atoms with Crippen LogP contribution in [0.5, 0.6) is 0 Å². The third kappa shape index (κ3) is 1.79. The van der Waals surface area contributed by atoms with Crippen molar-refractivity contribution in [3.05, 3.63) is 69.8 Å². The molecule has 0 aliphatic heterocycles. The van der Waals surface area contributed by atoms with Crippen LogP contribution in [0.3, 0.4) is 0 Å². The Bertz CT molecular complexity index is 1210. The number of nitro groups is 1. The van der Waals surface area contributed by atoms with Crippen LogP contribution in [0.1, 0.15) is 17.2 Å². The second-order valence-corrected chi connectivity index (χ2v) is 6.44. The number of aliphatic hydroxyl groups is 2. The lowest BCUT2D eigenvalue weighted by Crippen LogP contribution is -2.19. The normalized spacial score (nSPS) is 19.8. The van der Waals surface area contributed by atoms with Crippen LogP contribution in [0.15, 0.2) is 48.5 Å². The maximum Gasteiger partial charge on any atom is 0.277 e. The Morgan fingerprint density at radius 1 is 0.920 bits per heavy atom. The van der Waals surface area contributed by atoms with Crippen LogP contribution in [0.2, 0.25) is 0 Å². The lowest BCUT2D eigenvalue weighted by atomic mass is 9.84. The Hall–Kier alpha value is -3.02. The van der Waals surface area contributed by atoms with E-state index in [0.29, 0.717) is 10.9 Å². The molecule has 0 fully saturated rings. The Morgan fingerprint density at radius 3 is 2.40 bits per heavy atom. The molecular weight excluding hydrogens is 318 g/mol. The zero-order valence-corrected chi connectivity index (χ0v) is 13.0. The second-order valence-electron chi connectivity index (χ2n) is 6.44. The molecule has 0 saturated carbocycles. The number of aliphatic hydroxyl groups excluding tert-OH is 2. The van der Waals surface area contributed by atoms with Crippen LogP contribution in [-0.2, 0) is 0 Å². The van der Waals surface area contributed by atoms with E-state index in [9.17, 15) is 20.3 Å². The monoisotopic (exact) mass is 331 g/mol. The first-order chi connectivity index (χ1) is 12.1. The van der Waals surface area contributed by atoms with Gasteiger partial charge in [0.2, 0.25) is 0 Å². The van der Waals surface area contributed by atoms with Gasteiger partial charge < -0.3 is 10.2 Å². The summed E-state index contributed by atoms with van der Waals surface area (Å²) >= 11 is 0. The van der Waals surface area contributed by atoms with Gasteiger partial charge in [-0.15, -0.1) is 0 Å². The zero-order valence-electron chi connectivity index (χ0n) is 13.0. The second kappa shape index (κ2) is 4.75. The SMILES string of the molecule is O=[N+]([O-])c1ccc2ccc3cc4c(c5ccc1c2c35)C=C[C@@H](O)[C@@H]4O. The van der Waals surface area contributed by atoms with Crippen molar-refractivity contribution in [3.63, 3.8) is 0 Å². The number of benzene rings is 4. The lowest BCUT2D eigenvalue weighted by molar-refractivity contribution is -0.383. The van der Waals surface area contributed by atoms with E-state index in [0.717, 1.165) is 32.5 Å². The molecule has 0 amide bonds. The molecule has 0 spiro atoms. The molecule has 5 rings (SSSR count). The number of hydrogen-bond acceptors (Lipinski definition) is 4. The van der Waals surface area contributed by atoms with E-state index in [-0.39, 0.29) is 10.6 Å². The number of fused-ring (bicyclic) bond motifs is 2. The van der Waals surface area contributed by atoms with E-state index in [2.05, 4.69) is 0 Å². The summed E-state index contributed by atoms with van der Waals surface area (Å²) in [4.78, 5) is 11.0. The van der Waals surface area contributed by atoms with Gasteiger partial charge >= 0.3 is 0 Å². The number of hydrogen-bond donors (Lipinski definition) is 2. The van der Waals surface area contributed by atoms with Gasteiger partial charge in [-0.2, -0.15) is 0 Å². The summed E-state index contributed by atoms with van der Waals surface area (Å²) in [7, 11) is 0. The fourth-order valence-corrected chi connectivity index (χ4v) is 3.98. The highest BCUT2D eigenvalue weighted by atomic mass is 16.6. The molecular formula is C20H13NO4. The first kappa shape index (κ1) is 14.3. The fourth-order valence-electron chi connectivity index (χ4n) is 3.98. The summed E-state index contributed by atoms with van der Waals surface area (Å²) in [6.07, 6.45) is 1.48. The van der Waals surface area contributed by atoms with E-state index in [4.69, 9.17) is 0 Å². The van der Waals surface area contributed by atoms with Gasteiger partial charge in [-0.05, 0) is 50.9 Å². The van der Waals surface area contributed by atoms with Gasteiger partial charge in [-0.25, -0.2) is 0 Å². The van der Waals surface area contributed by atoms with Crippen LogP contribution in [0.25, 0.3) is 38.4 Å². The van der Waals surface area contributed by atoms with Crippen molar-refractivity contribution in [1.82, 2.24) is 0 Å². The molecule has 4 aromatic carbocycles. The number of nitro benzene ring substituents is 1. The Labute approximate surface area is 141 Å². The van der Waals surface area contributed by atoms with Crippen molar-refractivity contribution in [2.45, 2.75) is 12.2 Å². The summed E-state index contributed by atoms with van der Waals surface area (Å²) in [5, 5.41) is 36.8. The quantitative estimate of drug-likeness (QED) is 0.315. The Kier molecular flexibility index (Phi) is 2.72. The molecule has 2 N–H and O–H groups in total. The van der Waals surface area contributed by atoms with Gasteiger partial charge in [0, 0.05) is 11.5 Å². The van der Waals surface area contributed by atoms with E-state index in [1.807, 2.05) is 30.3 Å². The van der Waals surface area contributed by atoms with Crippen LogP contribution >= 0.6 is 0 Å². The molecule has 0 saturated heterocycles. The maximum atomic E-state index is 11.4. The summed E-state index contributed by atoms with van der Waals surface area (Å²) < 4.78 is 0. The van der Waals surface area contributed by atoms with Crippen LogP contribution < -0.4 is 0 Å². The van der Waals surface area contributed by atoms with E-state index in [1.54, 1.807) is 18.2 Å². The first-order valence-corrected chi connectivity index (χ1v) is 7.99. The van der Waals surface area contributed by atoms with Gasteiger partial charge in [0.15, 0.2) is 0 Å². The molecule has 25 heavy (non-hydrogen) atoms. The van der Waals surface area contributed by atoms with Crippen LogP contribution in [0.4, 0.5) is 5.69 Å². The van der Waals surface area contributed by atoms with Gasteiger partial charge in [0.1, 0.15) is 12.2 Å². The van der Waals surface area contributed by atoms with Crippen molar-refractivity contribution < 1.29 is 15.1 Å². The van der Waals surface area contributed by atoms with Crippen LogP contribution in [-0.4, -0.2) is 21.2 Å². The Morgan fingerprint density at radius 2 is 1.60 bits per heavy atom. The molecule has 1 aliphatic rings. The highest BCUT2D eigenvalue weighted by Crippen LogP contribution is 2.43. The summed E-state index contributed by atoms with van der Waals surface area (Å²) in [5.41, 5.74) is 1.62. The average Bonchev–Trinajstić information content (AvgIpc) is 2.62. The van der Waals surface area contributed by atoms with Crippen LogP contribution in [0, 0.1) is 10.1 Å². The predicted molar refractivity (Wildman–Crippen MR) is 96.8 cm³/mol. The van der Waals surface area contributed by atoms with Gasteiger partial charge in [0.05, 0.1) is 10.3 Å². The molecule has 0 unspecified atom stereocenters. The average molecular weight is 331 g/mol. The summed E-state index contributed by atoms with van der Waals surface area (Å²) in [5.74, 6) is 0. The van der Waals surface area contributed by atoms with Gasteiger partial charge in [-0.1, -0.05) is 30.4 Å². The highest BCUT2D eigenvalue weighted by molar-refractivity contribution is 6.26. The zero-order chi connectivity index (χ0) is 17.3. The third-order valence-corrected chi connectivity index (χ3v) is 5.13. The van der Waals surface area contributed by atoms with E-state index < -0.39 is 12.2 Å². The molecule has 1 aliphatic carbocycles. The summed E-state index contributed by atoms with van der Waals surface area (Å²) in [6.45, 7) is 0. The largest absolute Gasteiger partial charge is 0.386 e. The van der Waals surface area contributed by atoms with Gasteiger partial charge in [0.25, 0.3) is 5.69 Å². The topological polar surface area (TPSA) is 83.6 Å². The molecule has 2 atom stereocenters. The minimum absolute atomic E-state index is 0.0885. The molecule has 0 radical (unpaired) electrons. The van der Waals surface area contributed by atoms with Crippen molar-refractivity contribution in [2.24, 2.45) is 0 Å². The van der Waals surface area contributed by atoms with E-state index in [1.165, 1.54) is 6.07 Å². The molecule has 5 heteroatoms. The minimum atomic E-state index is -0.976. The number of non-ortho nitro benzene ring substituents is 1. The maximum absolute atomic E-state index is 11.4. The molecule has 0 aromatic heterocycles. The minimum Gasteiger partial charge on any atom is -0.386 e. The van der Waals surface area contributed by atoms with Crippen molar-refractivity contribution in [2.75, 3.05) is 0 Å². The van der Waals surface area contributed by atoms with Crippen molar-refractivity contribution in [3.8, 4) is 0 Å². The Balaban J connectivity index is 2.02. The molecule has 5 nitrogen and oxygen atoms in total. The predicted octanol–water partition coefficient (Wildman–Crippen LogP) is 3.91. The molecule has 4 aromatic rings. The van der Waals surface area contributed by atoms with E-state index >= 15 is 0 Å². The molecule has 0 bridgehead atoms. The summed E-state index contributed by atoms with van der Waals surface area (Å²) in [6, 6.07) is 12.7. The molecule has 0 heterocycles. The number of rotatable bonds is 1. The van der Waals surface area contributed by atoms with Gasteiger partial charge in [-0.3, -0.25) is 10.1 Å². The van der Waals surface area contributed by atoms with Crippen molar-refractivity contribution >= 4 is 44.1 Å². The lowest BCUT2D eigenvalue weighted by Gasteiger charge is -2.24. The third-order valence-electron chi connectivity index (χ3n) is 5.13. The molecule has 122 valence electrons. The smallest absolute Gasteiger partial charge is 0.277 e. The number of nitrogens with zero attached hydrogens (tertiary/aromatic N) is 1. The van der Waals surface area contributed by atoms with Crippen molar-refractivity contribution in [1.29, 1.82) is 0 Å². The highest BCUT2D eigenvalue weighted by Gasteiger charge is 2.26. The standard InChI is InChI=1S/C20H13NO4/c22-17-8-6-12-13-4-5-14-16(21(24)25)7-3-10-1-2-11(19(13)18(10)14)9-15(12)20(17)23/h1-9,17,20,22-23H/t17-,20-/m1/s1. The first-order valence-electron chi connectivity index (χ1n) is 7.99. The fraction of sp³-hybridized carbons (Fsp3) is 0.100.